The van der Waals surface area contributed by atoms with E-state index in [9.17, 15) is 0 Å². The molecule has 0 spiro atoms. The second-order valence-electron chi connectivity index (χ2n) is 6.80. The molecular weight excluding hydrogens is 258 g/mol. The first-order valence-electron chi connectivity index (χ1n) is 8.00. The maximum atomic E-state index is 9.09. The fraction of sp³-hybridized carbons (Fsp3) is 0.556. The van der Waals surface area contributed by atoms with Crippen LogP contribution >= 0.6 is 0 Å². The van der Waals surface area contributed by atoms with Gasteiger partial charge < -0.3 is 4.57 Å². The van der Waals surface area contributed by atoms with Crippen molar-refractivity contribution >= 4 is 11.0 Å². The summed E-state index contributed by atoms with van der Waals surface area (Å²) in [7, 11) is 0. The van der Waals surface area contributed by atoms with Gasteiger partial charge in [-0.25, -0.2) is 4.98 Å². The van der Waals surface area contributed by atoms with Gasteiger partial charge in [-0.3, -0.25) is 0 Å². The van der Waals surface area contributed by atoms with Crippen molar-refractivity contribution in [3.63, 3.8) is 0 Å². The van der Waals surface area contributed by atoms with Crippen molar-refractivity contribution < 1.29 is 0 Å². The average molecular weight is 281 g/mol. The summed E-state index contributed by atoms with van der Waals surface area (Å²) in [5, 5.41) is 9.09. The van der Waals surface area contributed by atoms with Gasteiger partial charge in [0.15, 0.2) is 0 Å². The van der Waals surface area contributed by atoms with Crippen molar-refractivity contribution in [2.24, 2.45) is 11.8 Å². The number of hydrogen-bond acceptors (Lipinski definition) is 2. The number of imidazole rings is 1. The van der Waals surface area contributed by atoms with Crippen LogP contribution in [0, 0.1) is 23.2 Å². The second-order valence-corrected chi connectivity index (χ2v) is 6.80. The Morgan fingerprint density at radius 2 is 2.19 bits per heavy atom. The summed E-state index contributed by atoms with van der Waals surface area (Å²) in [6, 6.07) is 8.11. The molecule has 110 valence electrons. The van der Waals surface area contributed by atoms with Crippen molar-refractivity contribution in [3.05, 3.63) is 29.6 Å². The molecule has 1 aromatic heterocycles. The van der Waals surface area contributed by atoms with Crippen LogP contribution in [0.2, 0.25) is 0 Å². The lowest BCUT2D eigenvalue weighted by Gasteiger charge is -2.18. The summed E-state index contributed by atoms with van der Waals surface area (Å²) < 4.78 is 2.40. The van der Waals surface area contributed by atoms with Crippen LogP contribution in [-0.4, -0.2) is 9.55 Å². The molecule has 0 aliphatic heterocycles. The summed E-state index contributed by atoms with van der Waals surface area (Å²) in [5.41, 5.74) is 2.85. The van der Waals surface area contributed by atoms with Gasteiger partial charge in [0.2, 0.25) is 0 Å². The molecule has 0 N–H and O–H groups in total. The van der Waals surface area contributed by atoms with E-state index in [1.165, 1.54) is 30.6 Å². The molecule has 2 atom stereocenters. The molecule has 2 unspecified atom stereocenters. The van der Waals surface area contributed by atoms with Gasteiger partial charge in [0.05, 0.1) is 22.7 Å². The SMILES string of the molecule is CC(C)Cn1c(C2CCCC2C)nc2cc(C#N)ccc21. The first kappa shape index (κ1) is 14.1. The Balaban J connectivity index is 2.14. The van der Waals surface area contributed by atoms with Crippen LogP contribution < -0.4 is 0 Å². The van der Waals surface area contributed by atoms with Crippen molar-refractivity contribution in [1.29, 1.82) is 5.26 Å². The van der Waals surface area contributed by atoms with E-state index >= 15 is 0 Å². The molecule has 1 aliphatic carbocycles. The van der Waals surface area contributed by atoms with E-state index in [2.05, 4.69) is 37.5 Å². The number of hydrogen-bond donors (Lipinski definition) is 0. The number of fused-ring (bicyclic) bond motifs is 1. The number of aromatic nitrogens is 2. The second kappa shape index (κ2) is 5.52. The van der Waals surface area contributed by atoms with Crippen molar-refractivity contribution in [1.82, 2.24) is 9.55 Å². The zero-order chi connectivity index (χ0) is 15.0. The largest absolute Gasteiger partial charge is 0.327 e. The van der Waals surface area contributed by atoms with E-state index in [-0.39, 0.29) is 0 Å². The molecule has 3 rings (SSSR count). The average Bonchev–Trinajstić information content (AvgIpc) is 3.02. The first-order chi connectivity index (χ1) is 10.1. The lowest BCUT2D eigenvalue weighted by molar-refractivity contribution is 0.455. The molecule has 0 saturated heterocycles. The molecule has 1 fully saturated rings. The Hall–Kier alpha value is -1.82. The Kier molecular flexibility index (Phi) is 3.71. The summed E-state index contributed by atoms with van der Waals surface area (Å²) >= 11 is 0. The normalized spacial score (nSPS) is 22.0. The van der Waals surface area contributed by atoms with Gasteiger partial charge in [0.1, 0.15) is 5.82 Å². The number of benzene rings is 1. The third kappa shape index (κ3) is 2.55. The van der Waals surface area contributed by atoms with Gasteiger partial charge in [-0.15, -0.1) is 0 Å². The van der Waals surface area contributed by atoms with Gasteiger partial charge in [0.25, 0.3) is 0 Å². The highest BCUT2D eigenvalue weighted by Crippen LogP contribution is 2.40. The van der Waals surface area contributed by atoms with Gasteiger partial charge in [-0.2, -0.15) is 5.26 Å². The van der Waals surface area contributed by atoms with E-state index in [0.29, 0.717) is 23.3 Å². The Morgan fingerprint density at radius 3 is 2.81 bits per heavy atom. The van der Waals surface area contributed by atoms with Crippen LogP contribution in [0.25, 0.3) is 11.0 Å². The van der Waals surface area contributed by atoms with Gasteiger partial charge in [0, 0.05) is 12.5 Å². The summed E-state index contributed by atoms with van der Waals surface area (Å²) in [5.74, 6) is 3.11. The maximum absolute atomic E-state index is 9.09. The molecule has 1 saturated carbocycles. The third-order valence-electron chi connectivity index (χ3n) is 4.65. The fourth-order valence-corrected chi connectivity index (χ4v) is 3.59. The topological polar surface area (TPSA) is 41.6 Å². The lowest BCUT2D eigenvalue weighted by atomic mass is 9.97. The van der Waals surface area contributed by atoms with E-state index in [4.69, 9.17) is 10.2 Å². The van der Waals surface area contributed by atoms with Crippen molar-refractivity contribution in [2.75, 3.05) is 0 Å². The quantitative estimate of drug-likeness (QED) is 0.833. The molecule has 1 aromatic carbocycles. The highest BCUT2D eigenvalue weighted by atomic mass is 15.1. The zero-order valence-electron chi connectivity index (χ0n) is 13.1. The highest BCUT2D eigenvalue weighted by Gasteiger charge is 2.29. The fourth-order valence-electron chi connectivity index (χ4n) is 3.59. The molecule has 0 radical (unpaired) electrons. The van der Waals surface area contributed by atoms with E-state index in [1.807, 2.05) is 12.1 Å². The van der Waals surface area contributed by atoms with Crippen molar-refractivity contribution in [2.45, 2.75) is 52.5 Å². The van der Waals surface area contributed by atoms with Crippen LogP contribution in [0.5, 0.6) is 0 Å². The molecule has 21 heavy (non-hydrogen) atoms. The standard InChI is InChI=1S/C18H23N3/c1-12(2)11-21-17-8-7-14(10-19)9-16(17)20-18(21)15-6-4-5-13(15)3/h7-9,12-13,15H,4-6,11H2,1-3H3. The number of nitriles is 1. The minimum absolute atomic E-state index is 0.571. The van der Waals surface area contributed by atoms with Crippen LogP contribution in [0.4, 0.5) is 0 Å². The zero-order valence-corrected chi connectivity index (χ0v) is 13.1. The first-order valence-corrected chi connectivity index (χ1v) is 8.00. The molecule has 3 nitrogen and oxygen atoms in total. The van der Waals surface area contributed by atoms with Crippen LogP contribution in [-0.2, 0) is 6.54 Å². The Labute approximate surface area is 126 Å². The number of rotatable bonds is 3. The molecule has 2 aromatic rings. The Morgan fingerprint density at radius 1 is 1.38 bits per heavy atom. The summed E-state index contributed by atoms with van der Waals surface area (Å²) in [6.07, 6.45) is 3.85. The molecule has 3 heteroatoms. The smallest absolute Gasteiger partial charge is 0.113 e. The van der Waals surface area contributed by atoms with Crippen LogP contribution in [0.1, 0.15) is 57.3 Å². The molecule has 0 amide bonds. The predicted molar refractivity (Wildman–Crippen MR) is 85.0 cm³/mol. The molecule has 1 aliphatic rings. The predicted octanol–water partition coefficient (Wildman–Crippen LogP) is 4.47. The van der Waals surface area contributed by atoms with E-state index < -0.39 is 0 Å². The van der Waals surface area contributed by atoms with Gasteiger partial charge >= 0.3 is 0 Å². The molecule has 0 bridgehead atoms. The lowest BCUT2D eigenvalue weighted by Crippen LogP contribution is -2.14. The van der Waals surface area contributed by atoms with Crippen LogP contribution in [0.15, 0.2) is 18.2 Å². The van der Waals surface area contributed by atoms with Gasteiger partial charge in [-0.05, 0) is 42.9 Å². The van der Waals surface area contributed by atoms with Gasteiger partial charge in [-0.1, -0.05) is 27.2 Å². The summed E-state index contributed by atoms with van der Waals surface area (Å²) in [4.78, 5) is 4.92. The van der Waals surface area contributed by atoms with Crippen LogP contribution in [0.3, 0.4) is 0 Å². The van der Waals surface area contributed by atoms with E-state index in [0.717, 1.165) is 12.1 Å². The molecule has 1 heterocycles. The summed E-state index contributed by atoms with van der Waals surface area (Å²) in [6.45, 7) is 7.84. The van der Waals surface area contributed by atoms with Crippen molar-refractivity contribution in [3.8, 4) is 6.07 Å². The third-order valence-corrected chi connectivity index (χ3v) is 4.65. The number of nitrogens with zero attached hydrogens (tertiary/aromatic N) is 3. The maximum Gasteiger partial charge on any atom is 0.113 e. The van der Waals surface area contributed by atoms with E-state index in [1.54, 1.807) is 0 Å². The minimum Gasteiger partial charge on any atom is -0.327 e. The molecular formula is C18H23N3. The monoisotopic (exact) mass is 281 g/mol. The Bertz CT molecular complexity index is 690. The highest BCUT2D eigenvalue weighted by molar-refractivity contribution is 5.78. The minimum atomic E-state index is 0.571.